The van der Waals surface area contributed by atoms with Crippen molar-refractivity contribution in [3.8, 4) is 0 Å². The molecule has 0 aliphatic rings. The Bertz CT molecular complexity index is 134. The molecule has 0 atom stereocenters. The van der Waals surface area contributed by atoms with Gasteiger partial charge in [-0.1, -0.05) is 61.2 Å². The van der Waals surface area contributed by atoms with Crippen LogP contribution >= 0.6 is 23.2 Å². The minimum Gasteiger partial charge on any atom is -0.0990 e. The normalized spacial score (nSPS) is 7.80. The summed E-state index contributed by atoms with van der Waals surface area (Å²) in [4.78, 5) is 0. The molecule has 10 heavy (non-hydrogen) atoms. The monoisotopic (exact) mass is 176 g/mol. The van der Waals surface area contributed by atoms with Crippen LogP contribution in [0.5, 0.6) is 0 Å². The highest BCUT2D eigenvalue weighted by atomic mass is 35.5. The van der Waals surface area contributed by atoms with Gasteiger partial charge in [-0.25, -0.2) is 0 Å². The molecule has 0 fully saturated rings. The Balaban J connectivity index is 0. The number of allylic oxidation sites excluding steroid dienone is 4. The van der Waals surface area contributed by atoms with Crippen molar-refractivity contribution in [2.45, 2.75) is 0 Å². The zero-order chi connectivity index (χ0) is 8.41. The fourth-order valence-corrected chi connectivity index (χ4v) is 0.154. The van der Waals surface area contributed by atoms with E-state index in [0.717, 1.165) is 0 Å². The van der Waals surface area contributed by atoms with Gasteiger partial charge in [0.15, 0.2) is 0 Å². The largest absolute Gasteiger partial charge is 0.0990 e. The van der Waals surface area contributed by atoms with Gasteiger partial charge in [0.05, 0.1) is 0 Å². The summed E-state index contributed by atoms with van der Waals surface area (Å²) in [5.74, 6) is 0. The molecule has 0 bridgehead atoms. The van der Waals surface area contributed by atoms with E-state index >= 15 is 0 Å². The molecule has 0 radical (unpaired) electrons. The number of halogens is 2. The third-order valence-corrected chi connectivity index (χ3v) is 0.730. The van der Waals surface area contributed by atoms with Crippen LogP contribution in [0.3, 0.4) is 0 Å². The van der Waals surface area contributed by atoms with Crippen LogP contribution in [-0.4, -0.2) is 0 Å². The van der Waals surface area contributed by atoms with Crippen molar-refractivity contribution in [1.29, 1.82) is 0 Å². The Labute approximate surface area is 72.1 Å². The Kier molecular flexibility index (Phi) is 13.9. The van der Waals surface area contributed by atoms with Crippen molar-refractivity contribution in [2.24, 2.45) is 0 Å². The fraction of sp³-hybridized carbons (Fsp3) is 0. The first kappa shape index (κ1) is 12.2. The second-order valence-electron chi connectivity index (χ2n) is 1.21. The highest BCUT2D eigenvalue weighted by molar-refractivity contribution is 6.30. The molecule has 0 rings (SSSR count). The molecule has 0 nitrogen and oxygen atoms in total. The van der Waals surface area contributed by atoms with Crippen molar-refractivity contribution in [1.82, 2.24) is 0 Å². The molecule has 0 heterocycles. The molecule has 0 aliphatic heterocycles. The lowest BCUT2D eigenvalue weighted by atomic mass is 10.6. The SMILES string of the molecule is C=CC(=C)Cl.C=CC=CCl. The van der Waals surface area contributed by atoms with Crippen LogP contribution in [0, 0.1) is 0 Å². The Morgan fingerprint density at radius 2 is 1.70 bits per heavy atom. The standard InChI is InChI=1S/2C4H5Cl/c1-3-4(2)5;1-2-3-4-5/h3H,1-2H2;2-4H,1H2. The molecule has 0 amide bonds. The van der Waals surface area contributed by atoms with E-state index in [2.05, 4.69) is 19.7 Å². The van der Waals surface area contributed by atoms with Gasteiger partial charge >= 0.3 is 0 Å². The van der Waals surface area contributed by atoms with Gasteiger partial charge in [-0.2, -0.15) is 0 Å². The topological polar surface area (TPSA) is 0 Å². The molecule has 56 valence electrons. The predicted molar refractivity (Wildman–Crippen MR) is 50.4 cm³/mol. The van der Waals surface area contributed by atoms with E-state index < -0.39 is 0 Å². The van der Waals surface area contributed by atoms with Crippen molar-refractivity contribution in [3.05, 3.63) is 48.5 Å². The van der Waals surface area contributed by atoms with Crippen LogP contribution in [-0.2, 0) is 0 Å². The van der Waals surface area contributed by atoms with Gasteiger partial charge in [0, 0.05) is 10.6 Å². The average Bonchev–Trinajstić information content (AvgIpc) is 1.91. The molecule has 0 aromatic heterocycles. The predicted octanol–water partition coefficient (Wildman–Crippen LogP) is 3.85. The maximum absolute atomic E-state index is 5.15. The van der Waals surface area contributed by atoms with E-state index in [1.54, 1.807) is 12.2 Å². The second kappa shape index (κ2) is 11.4. The van der Waals surface area contributed by atoms with Crippen LogP contribution in [0.2, 0.25) is 0 Å². The van der Waals surface area contributed by atoms with E-state index in [1.807, 2.05) is 0 Å². The van der Waals surface area contributed by atoms with Gasteiger partial charge in [0.2, 0.25) is 0 Å². The van der Waals surface area contributed by atoms with Gasteiger partial charge in [-0.15, -0.1) is 0 Å². The van der Waals surface area contributed by atoms with Gasteiger partial charge in [0.1, 0.15) is 0 Å². The van der Waals surface area contributed by atoms with E-state index in [0.29, 0.717) is 5.03 Å². The van der Waals surface area contributed by atoms with Crippen molar-refractivity contribution < 1.29 is 0 Å². The Morgan fingerprint density at radius 3 is 1.70 bits per heavy atom. The van der Waals surface area contributed by atoms with Crippen molar-refractivity contribution in [2.75, 3.05) is 0 Å². The smallest absolute Gasteiger partial charge is 0.0328 e. The highest BCUT2D eigenvalue weighted by Crippen LogP contribution is 1.92. The molecule has 0 aliphatic carbocycles. The third kappa shape index (κ3) is 25.7. The second-order valence-corrected chi connectivity index (χ2v) is 1.94. The lowest BCUT2D eigenvalue weighted by molar-refractivity contribution is 2.04. The average molecular weight is 177 g/mol. The first-order chi connectivity index (χ1) is 4.68. The van der Waals surface area contributed by atoms with E-state index in [-0.39, 0.29) is 0 Å². The van der Waals surface area contributed by atoms with Crippen LogP contribution in [0.15, 0.2) is 48.5 Å². The summed E-state index contributed by atoms with van der Waals surface area (Å²) < 4.78 is 0. The van der Waals surface area contributed by atoms with Gasteiger partial charge in [-0.3, -0.25) is 0 Å². The maximum atomic E-state index is 5.15. The van der Waals surface area contributed by atoms with Crippen LogP contribution < -0.4 is 0 Å². The van der Waals surface area contributed by atoms with Crippen LogP contribution in [0.25, 0.3) is 0 Å². The highest BCUT2D eigenvalue weighted by Gasteiger charge is 1.63. The summed E-state index contributed by atoms with van der Waals surface area (Å²) in [6, 6.07) is 0. The molecular weight excluding hydrogens is 167 g/mol. The fourth-order valence-electron chi connectivity index (χ4n) is 0.0514. The molecule has 0 aromatic rings. The summed E-state index contributed by atoms with van der Waals surface area (Å²) >= 11 is 10.2. The van der Waals surface area contributed by atoms with Crippen molar-refractivity contribution in [3.63, 3.8) is 0 Å². The lowest BCUT2D eigenvalue weighted by Crippen LogP contribution is -1.42. The number of hydrogen-bond acceptors (Lipinski definition) is 0. The van der Waals surface area contributed by atoms with Gasteiger partial charge in [0.25, 0.3) is 0 Å². The first-order valence-electron chi connectivity index (χ1n) is 2.53. The summed E-state index contributed by atoms with van der Waals surface area (Å²) in [5.41, 5.74) is 1.41. The molecule has 0 aromatic carbocycles. The number of hydrogen-bond donors (Lipinski definition) is 0. The Morgan fingerprint density at radius 1 is 1.30 bits per heavy atom. The summed E-state index contributed by atoms with van der Waals surface area (Å²) in [5, 5.41) is 0.491. The third-order valence-electron chi connectivity index (χ3n) is 0.430. The molecular formula is C8H10Cl2. The number of rotatable bonds is 2. The van der Waals surface area contributed by atoms with Gasteiger partial charge < -0.3 is 0 Å². The molecule has 0 unspecified atom stereocenters. The summed E-state index contributed by atoms with van der Waals surface area (Å²) in [6.45, 7) is 10.0. The summed E-state index contributed by atoms with van der Waals surface area (Å²) in [7, 11) is 0. The van der Waals surface area contributed by atoms with E-state index in [1.165, 1.54) is 11.6 Å². The quantitative estimate of drug-likeness (QED) is 0.562. The van der Waals surface area contributed by atoms with Crippen molar-refractivity contribution >= 4 is 23.2 Å². The van der Waals surface area contributed by atoms with E-state index in [4.69, 9.17) is 23.2 Å². The lowest BCUT2D eigenvalue weighted by Gasteiger charge is -1.67. The zero-order valence-corrected chi connectivity index (χ0v) is 7.20. The zero-order valence-electron chi connectivity index (χ0n) is 5.69. The van der Waals surface area contributed by atoms with Crippen LogP contribution in [0.4, 0.5) is 0 Å². The van der Waals surface area contributed by atoms with Gasteiger partial charge in [-0.05, 0) is 0 Å². The van der Waals surface area contributed by atoms with Crippen LogP contribution in [0.1, 0.15) is 0 Å². The maximum Gasteiger partial charge on any atom is 0.0328 e. The first-order valence-corrected chi connectivity index (χ1v) is 3.35. The molecule has 0 spiro atoms. The summed E-state index contributed by atoms with van der Waals surface area (Å²) in [6.07, 6.45) is 4.76. The minimum atomic E-state index is 0.491. The molecule has 0 saturated heterocycles. The molecule has 0 N–H and O–H groups in total. The molecule has 2 heteroatoms. The molecule has 0 saturated carbocycles. The Hall–Kier alpha value is -0.460. The van der Waals surface area contributed by atoms with E-state index in [9.17, 15) is 0 Å². The minimum absolute atomic E-state index is 0.491.